The Hall–Kier alpha value is -2.94. The van der Waals surface area contributed by atoms with Gasteiger partial charge in [0.2, 0.25) is 11.8 Å². The van der Waals surface area contributed by atoms with Gasteiger partial charge in [0, 0.05) is 30.9 Å². The van der Waals surface area contributed by atoms with Crippen LogP contribution in [-0.2, 0) is 19.1 Å². The maximum absolute atomic E-state index is 12.5. The van der Waals surface area contributed by atoms with Crippen LogP contribution < -0.4 is 16.0 Å². The monoisotopic (exact) mass is 418 g/mol. The molecule has 1 heterocycles. The number of carbonyl (C=O) groups excluding carboxylic acids is 4. The van der Waals surface area contributed by atoms with E-state index in [2.05, 4.69) is 16.0 Å². The van der Waals surface area contributed by atoms with Crippen molar-refractivity contribution in [2.45, 2.75) is 39.2 Å². The molecule has 0 bridgehead atoms. The summed E-state index contributed by atoms with van der Waals surface area (Å²) < 4.78 is 5.07. The molecule has 0 saturated carbocycles. The predicted octanol–water partition coefficient (Wildman–Crippen LogP) is 0.909. The number of nitrogens with zero attached hydrogens (tertiary/aromatic N) is 1. The normalized spacial score (nSPS) is 16.5. The van der Waals surface area contributed by atoms with Gasteiger partial charge < -0.3 is 20.7 Å². The molecule has 1 aliphatic rings. The van der Waals surface area contributed by atoms with E-state index < -0.39 is 12.0 Å². The molecule has 1 aromatic carbocycles. The Morgan fingerprint density at radius 2 is 1.90 bits per heavy atom. The molecule has 1 saturated heterocycles. The molecule has 30 heavy (non-hydrogen) atoms. The van der Waals surface area contributed by atoms with Crippen LogP contribution in [-0.4, -0.2) is 67.4 Å². The van der Waals surface area contributed by atoms with Crippen molar-refractivity contribution < 1.29 is 23.9 Å². The van der Waals surface area contributed by atoms with Crippen LogP contribution >= 0.6 is 0 Å². The van der Waals surface area contributed by atoms with E-state index in [1.54, 1.807) is 29.2 Å². The van der Waals surface area contributed by atoms with Crippen molar-refractivity contribution in [1.29, 1.82) is 0 Å². The van der Waals surface area contributed by atoms with Gasteiger partial charge in [-0.25, -0.2) is 0 Å². The van der Waals surface area contributed by atoms with Crippen LogP contribution in [0.2, 0.25) is 0 Å². The molecule has 0 aromatic heterocycles. The third-order valence-corrected chi connectivity index (χ3v) is 4.58. The Kier molecular flexibility index (Phi) is 9.27. The number of ether oxygens (including phenoxy) is 1. The molecule has 3 amide bonds. The second-order valence-electron chi connectivity index (χ2n) is 7.08. The van der Waals surface area contributed by atoms with Crippen LogP contribution in [0.5, 0.6) is 0 Å². The summed E-state index contributed by atoms with van der Waals surface area (Å²) in [6, 6.07) is 5.85. The minimum absolute atomic E-state index is 0.0299. The number of amides is 3. The van der Waals surface area contributed by atoms with Crippen molar-refractivity contribution in [2.24, 2.45) is 0 Å². The van der Waals surface area contributed by atoms with Crippen LogP contribution in [0.25, 0.3) is 0 Å². The Bertz CT molecular complexity index is 750. The fourth-order valence-corrected chi connectivity index (χ4v) is 3.04. The van der Waals surface area contributed by atoms with Crippen LogP contribution in [0.15, 0.2) is 24.3 Å². The first-order valence-electron chi connectivity index (χ1n) is 10.3. The quantitative estimate of drug-likeness (QED) is 0.486. The highest BCUT2D eigenvalue weighted by Crippen LogP contribution is 2.13. The lowest BCUT2D eigenvalue weighted by Crippen LogP contribution is -2.57. The van der Waals surface area contributed by atoms with Crippen molar-refractivity contribution in [1.82, 2.24) is 15.5 Å². The van der Waals surface area contributed by atoms with E-state index in [-0.39, 0.29) is 30.7 Å². The maximum Gasteiger partial charge on any atom is 0.307 e. The zero-order valence-electron chi connectivity index (χ0n) is 17.5. The number of hydrogen-bond acceptors (Lipinski definition) is 6. The molecule has 1 aliphatic heterocycles. The Morgan fingerprint density at radius 3 is 2.57 bits per heavy atom. The number of nitrogens with one attached hydrogen (secondary N) is 3. The van der Waals surface area contributed by atoms with E-state index in [0.717, 1.165) is 6.42 Å². The van der Waals surface area contributed by atoms with Gasteiger partial charge in [-0.1, -0.05) is 13.8 Å². The molecule has 9 nitrogen and oxygen atoms in total. The van der Waals surface area contributed by atoms with Crippen molar-refractivity contribution in [3.8, 4) is 0 Å². The van der Waals surface area contributed by atoms with E-state index in [4.69, 9.17) is 4.74 Å². The number of benzene rings is 1. The van der Waals surface area contributed by atoms with Gasteiger partial charge in [-0.05, 0) is 37.1 Å². The highest BCUT2D eigenvalue weighted by atomic mass is 16.5. The molecular weight excluding hydrogens is 388 g/mol. The fraction of sp³-hybridized carbons (Fsp3) is 0.524. The van der Waals surface area contributed by atoms with E-state index in [0.29, 0.717) is 43.9 Å². The van der Waals surface area contributed by atoms with Crippen LogP contribution in [0.1, 0.15) is 43.5 Å². The van der Waals surface area contributed by atoms with E-state index in [1.807, 2.05) is 13.8 Å². The van der Waals surface area contributed by atoms with E-state index in [9.17, 15) is 19.2 Å². The second-order valence-corrected chi connectivity index (χ2v) is 7.08. The van der Waals surface area contributed by atoms with Gasteiger partial charge in [0.15, 0.2) is 0 Å². The molecule has 0 radical (unpaired) electrons. The first-order chi connectivity index (χ1) is 14.4. The largest absolute Gasteiger partial charge is 0.466 e. The zero-order valence-corrected chi connectivity index (χ0v) is 17.5. The van der Waals surface area contributed by atoms with Gasteiger partial charge in [0.25, 0.3) is 5.91 Å². The summed E-state index contributed by atoms with van der Waals surface area (Å²) in [5, 5.41) is 8.27. The smallest absolute Gasteiger partial charge is 0.307 e. The second kappa shape index (κ2) is 11.9. The number of anilines is 1. The Morgan fingerprint density at radius 1 is 1.17 bits per heavy atom. The van der Waals surface area contributed by atoms with Gasteiger partial charge in [-0.2, -0.15) is 0 Å². The molecule has 1 unspecified atom stereocenters. The third kappa shape index (κ3) is 7.14. The summed E-state index contributed by atoms with van der Waals surface area (Å²) in [6.45, 7) is 5.62. The lowest BCUT2D eigenvalue weighted by Gasteiger charge is -2.33. The number of hydrogen-bond donors (Lipinski definition) is 3. The van der Waals surface area contributed by atoms with Crippen molar-refractivity contribution >= 4 is 29.4 Å². The Balaban J connectivity index is 1.92. The first-order valence-corrected chi connectivity index (χ1v) is 10.3. The number of carbonyl (C=O) groups is 4. The predicted molar refractivity (Wildman–Crippen MR) is 112 cm³/mol. The van der Waals surface area contributed by atoms with E-state index in [1.165, 1.54) is 0 Å². The SMILES string of the molecule is CCCNC(=O)c1ccc(NC(=O)CN2CCNC(=O)C2CC(=O)OCCC)cc1. The van der Waals surface area contributed by atoms with Crippen LogP contribution in [0.3, 0.4) is 0 Å². The van der Waals surface area contributed by atoms with Gasteiger partial charge in [-0.15, -0.1) is 0 Å². The zero-order chi connectivity index (χ0) is 21.9. The highest BCUT2D eigenvalue weighted by molar-refractivity contribution is 5.96. The summed E-state index contributed by atoms with van der Waals surface area (Å²) in [5.74, 6) is -1.21. The maximum atomic E-state index is 12.5. The first kappa shape index (κ1) is 23.3. The van der Waals surface area contributed by atoms with Gasteiger partial charge in [-0.3, -0.25) is 24.1 Å². The molecule has 2 rings (SSSR count). The molecule has 3 N–H and O–H groups in total. The van der Waals surface area contributed by atoms with Crippen molar-refractivity contribution in [3.63, 3.8) is 0 Å². The molecule has 1 atom stereocenters. The molecule has 1 aromatic rings. The molecule has 0 spiro atoms. The van der Waals surface area contributed by atoms with Crippen LogP contribution in [0.4, 0.5) is 5.69 Å². The Labute approximate surface area is 176 Å². The summed E-state index contributed by atoms with van der Waals surface area (Å²) in [5.41, 5.74) is 1.06. The summed E-state index contributed by atoms with van der Waals surface area (Å²) in [6.07, 6.45) is 1.46. The molecule has 164 valence electrons. The van der Waals surface area contributed by atoms with Crippen LogP contribution in [0, 0.1) is 0 Å². The number of rotatable bonds is 10. The minimum Gasteiger partial charge on any atom is -0.466 e. The summed E-state index contributed by atoms with van der Waals surface area (Å²) in [7, 11) is 0. The minimum atomic E-state index is -0.738. The average molecular weight is 418 g/mol. The standard InChI is InChI=1S/C21H30N4O5/c1-3-9-22-20(28)15-5-7-16(8-6-15)24-18(26)14-25-11-10-23-21(29)17(25)13-19(27)30-12-4-2/h5-8,17H,3-4,9-14H2,1-2H3,(H,22,28)(H,23,29)(H,24,26). The van der Waals surface area contributed by atoms with Gasteiger partial charge in [0.05, 0.1) is 19.6 Å². The summed E-state index contributed by atoms with van der Waals surface area (Å²) >= 11 is 0. The molecular formula is C21H30N4O5. The third-order valence-electron chi connectivity index (χ3n) is 4.58. The van der Waals surface area contributed by atoms with E-state index >= 15 is 0 Å². The molecule has 9 heteroatoms. The molecule has 0 aliphatic carbocycles. The molecule has 1 fully saturated rings. The number of piperazine rings is 1. The highest BCUT2D eigenvalue weighted by Gasteiger charge is 2.33. The lowest BCUT2D eigenvalue weighted by molar-refractivity contribution is -0.148. The average Bonchev–Trinajstić information content (AvgIpc) is 2.73. The number of esters is 1. The lowest BCUT2D eigenvalue weighted by atomic mass is 10.1. The van der Waals surface area contributed by atoms with Gasteiger partial charge in [0.1, 0.15) is 6.04 Å². The van der Waals surface area contributed by atoms with Crippen molar-refractivity contribution in [3.05, 3.63) is 29.8 Å². The van der Waals surface area contributed by atoms with Crippen molar-refractivity contribution in [2.75, 3.05) is 38.1 Å². The summed E-state index contributed by atoms with van der Waals surface area (Å²) in [4.78, 5) is 50.2. The topological polar surface area (TPSA) is 117 Å². The van der Waals surface area contributed by atoms with Gasteiger partial charge >= 0.3 is 5.97 Å². The fourth-order valence-electron chi connectivity index (χ4n) is 3.04.